The number of aromatic nitrogens is 2. The lowest BCUT2D eigenvalue weighted by atomic mass is 9.98. The van der Waals surface area contributed by atoms with Gasteiger partial charge in [0.05, 0.1) is 24.2 Å². The van der Waals surface area contributed by atoms with E-state index in [1.54, 1.807) is 31.5 Å². The zero-order valence-electron chi connectivity index (χ0n) is 17.2. The average molecular weight is 433 g/mol. The average Bonchev–Trinajstić information content (AvgIpc) is 3.08. The van der Waals surface area contributed by atoms with Crippen LogP contribution in [0.15, 0.2) is 29.4 Å². The van der Waals surface area contributed by atoms with E-state index in [9.17, 15) is 13.2 Å². The number of imidazole rings is 1. The molecule has 9 nitrogen and oxygen atoms in total. The van der Waals surface area contributed by atoms with Crippen LogP contribution >= 0.6 is 0 Å². The molecule has 1 saturated heterocycles. The van der Waals surface area contributed by atoms with Crippen LogP contribution in [0.5, 0.6) is 11.5 Å². The van der Waals surface area contributed by atoms with Crippen LogP contribution < -0.4 is 9.47 Å². The van der Waals surface area contributed by atoms with E-state index in [-0.39, 0.29) is 23.9 Å². The molecule has 0 bridgehead atoms. The highest BCUT2D eigenvalue weighted by molar-refractivity contribution is 7.89. The Morgan fingerprint density at radius 3 is 2.57 bits per heavy atom. The molecule has 1 aromatic carbocycles. The monoisotopic (exact) mass is 432 g/mol. The summed E-state index contributed by atoms with van der Waals surface area (Å²) in [5.41, 5.74) is 0.404. The summed E-state index contributed by atoms with van der Waals surface area (Å²) in [5, 5.41) is 9.04. The minimum atomic E-state index is -3.69. The number of ether oxygens (including phenoxy) is 2. The lowest BCUT2D eigenvalue weighted by Gasteiger charge is -2.29. The molecule has 1 fully saturated rings. The van der Waals surface area contributed by atoms with Gasteiger partial charge in [0.25, 0.3) is 10.0 Å². The number of sulfonamides is 1. The summed E-state index contributed by atoms with van der Waals surface area (Å²) in [7, 11) is -1.96. The number of carbonyl (C=O) groups is 1. The SMILES string of the molecule is CCOc1cc(C#N)ccc1OC(=O)C1CCN(S(=O)(=O)c2cn(C)c(C)n2)CC1. The highest BCUT2D eigenvalue weighted by atomic mass is 32.2. The summed E-state index contributed by atoms with van der Waals surface area (Å²) in [6.07, 6.45) is 2.19. The Morgan fingerprint density at radius 2 is 2.00 bits per heavy atom. The van der Waals surface area contributed by atoms with Gasteiger partial charge in [0.15, 0.2) is 16.5 Å². The molecule has 0 aliphatic carbocycles. The predicted molar refractivity (Wildman–Crippen MR) is 107 cm³/mol. The molecule has 1 aromatic heterocycles. The molecule has 1 aliphatic heterocycles. The van der Waals surface area contributed by atoms with Crippen LogP contribution in [0.1, 0.15) is 31.2 Å². The fraction of sp³-hybridized carbons (Fsp3) is 0.450. The quantitative estimate of drug-likeness (QED) is 0.506. The Hall–Kier alpha value is -2.90. The van der Waals surface area contributed by atoms with Gasteiger partial charge in [-0.05, 0) is 38.8 Å². The second-order valence-electron chi connectivity index (χ2n) is 7.04. The van der Waals surface area contributed by atoms with Crippen molar-refractivity contribution in [2.75, 3.05) is 19.7 Å². The van der Waals surface area contributed by atoms with Gasteiger partial charge < -0.3 is 14.0 Å². The number of benzene rings is 1. The minimum absolute atomic E-state index is 0.0162. The van der Waals surface area contributed by atoms with Crippen molar-refractivity contribution < 1.29 is 22.7 Å². The van der Waals surface area contributed by atoms with Crippen molar-refractivity contribution in [3.05, 3.63) is 35.8 Å². The topological polar surface area (TPSA) is 115 Å². The third kappa shape index (κ3) is 4.47. The van der Waals surface area contributed by atoms with Crippen LogP contribution in [0, 0.1) is 24.2 Å². The summed E-state index contributed by atoms with van der Waals surface area (Å²) >= 11 is 0. The van der Waals surface area contributed by atoms with Gasteiger partial charge in [0, 0.05) is 32.4 Å². The summed E-state index contributed by atoms with van der Waals surface area (Å²) in [6.45, 7) is 4.32. The minimum Gasteiger partial charge on any atom is -0.490 e. The number of aryl methyl sites for hydroxylation is 2. The van der Waals surface area contributed by atoms with E-state index in [2.05, 4.69) is 4.98 Å². The lowest BCUT2D eigenvalue weighted by molar-refractivity contribution is -0.140. The summed E-state index contributed by atoms with van der Waals surface area (Å²) in [6, 6.07) is 6.62. The van der Waals surface area contributed by atoms with E-state index in [0.717, 1.165) is 0 Å². The van der Waals surface area contributed by atoms with Gasteiger partial charge in [0.2, 0.25) is 0 Å². The molecule has 30 heavy (non-hydrogen) atoms. The molecule has 10 heteroatoms. The van der Waals surface area contributed by atoms with E-state index >= 15 is 0 Å². The number of piperidine rings is 1. The second-order valence-corrected chi connectivity index (χ2v) is 8.93. The highest BCUT2D eigenvalue weighted by Gasteiger charge is 2.34. The van der Waals surface area contributed by atoms with E-state index in [1.807, 2.05) is 6.07 Å². The van der Waals surface area contributed by atoms with Gasteiger partial charge in [-0.1, -0.05) is 0 Å². The normalized spacial score (nSPS) is 15.5. The zero-order chi connectivity index (χ0) is 21.9. The van der Waals surface area contributed by atoms with Crippen LogP contribution in [-0.4, -0.2) is 47.9 Å². The highest BCUT2D eigenvalue weighted by Crippen LogP contribution is 2.31. The third-order valence-corrected chi connectivity index (χ3v) is 6.83. The summed E-state index contributed by atoms with van der Waals surface area (Å²) in [4.78, 5) is 16.7. The number of rotatable bonds is 6. The molecule has 0 amide bonds. The number of hydrogen-bond donors (Lipinski definition) is 0. The first-order valence-electron chi connectivity index (χ1n) is 9.65. The zero-order valence-corrected chi connectivity index (χ0v) is 18.0. The molecule has 2 heterocycles. The maximum atomic E-state index is 12.8. The molecular formula is C20H24N4O5S. The molecule has 160 valence electrons. The van der Waals surface area contributed by atoms with Crippen LogP contribution in [0.4, 0.5) is 0 Å². The van der Waals surface area contributed by atoms with Crippen LogP contribution in [0.25, 0.3) is 0 Å². The van der Waals surface area contributed by atoms with Crippen molar-refractivity contribution >= 4 is 16.0 Å². The Balaban J connectivity index is 1.65. The molecule has 1 aliphatic rings. The first-order valence-corrected chi connectivity index (χ1v) is 11.1. The lowest BCUT2D eigenvalue weighted by Crippen LogP contribution is -2.41. The van der Waals surface area contributed by atoms with Crippen molar-refractivity contribution in [3.8, 4) is 17.6 Å². The first-order chi connectivity index (χ1) is 14.3. The Morgan fingerprint density at radius 1 is 1.30 bits per heavy atom. The van der Waals surface area contributed by atoms with Crippen molar-refractivity contribution in [2.45, 2.75) is 31.7 Å². The molecule has 0 spiro atoms. The Labute approximate surface area is 175 Å². The van der Waals surface area contributed by atoms with Gasteiger partial charge in [0.1, 0.15) is 5.82 Å². The van der Waals surface area contributed by atoms with Gasteiger partial charge in [-0.25, -0.2) is 13.4 Å². The maximum absolute atomic E-state index is 12.8. The standard InChI is InChI=1S/C20H24N4O5S/c1-4-28-18-11-15(12-21)5-6-17(18)29-20(25)16-7-9-24(10-8-16)30(26,27)19-13-23(3)14(2)22-19/h5-6,11,13,16H,4,7-10H2,1-3H3. The fourth-order valence-corrected chi connectivity index (χ4v) is 4.73. The predicted octanol–water partition coefficient (Wildman–Crippen LogP) is 2.01. The van der Waals surface area contributed by atoms with Crippen LogP contribution in [-0.2, 0) is 21.9 Å². The molecule has 3 rings (SSSR count). The molecule has 0 atom stereocenters. The molecule has 0 saturated carbocycles. The maximum Gasteiger partial charge on any atom is 0.314 e. The molecule has 0 unspecified atom stereocenters. The van der Waals surface area contributed by atoms with E-state index in [4.69, 9.17) is 14.7 Å². The van der Waals surface area contributed by atoms with Crippen molar-refractivity contribution in [1.29, 1.82) is 5.26 Å². The van der Waals surface area contributed by atoms with Crippen molar-refractivity contribution in [2.24, 2.45) is 13.0 Å². The number of carbonyl (C=O) groups excluding carboxylic acids is 1. The third-order valence-electron chi connectivity index (χ3n) is 5.06. The summed E-state index contributed by atoms with van der Waals surface area (Å²) < 4.78 is 39.6. The van der Waals surface area contributed by atoms with E-state index in [0.29, 0.717) is 36.6 Å². The molecule has 2 aromatic rings. The molecule has 0 N–H and O–H groups in total. The second kappa shape index (κ2) is 8.85. The molecule has 0 radical (unpaired) electrons. The van der Waals surface area contributed by atoms with Crippen LogP contribution in [0.3, 0.4) is 0 Å². The largest absolute Gasteiger partial charge is 0.490 e. The van der Waals surface area contributed by atoms with Crippen molar-refractivity contribution in [1.82, 2.24) is 13.9 Å². The molecular weight excluding hydrogens is 408 g/mol. The number of nitrogens with zero attached hydrogens (tertiary/aromatic N) is 4. The Kier molecular flexibility index (Phi) is 6.43. The van der Waals surface area contributed by atoms with E-state index < -0.39 is 21.9 Å². The fourth-order valence-electron chi connectivity index (χ4n) is 3.24. The van der Waals surface area contributed by atoms with Gasteiger partial charge in [-0.3, -0.25) is 4.79 Å². The smallest absolute Gasteiger partial charge is 0.314 e. The first kappa shape index (κ1) is 21.8. The number of nitriles is 1. The van der Waals surface area contributed by atoms with Gasteiger partial charge in [-0.2, -0.15) is 9.57 Å². The van der Waals surface area contributed by atoms with Crippen LogP contribution in [0.2, 0.25) is 0 Å². The number of esters is 1. The Bertz CT molecular complexity index is 1060. The summed E-state index contributed by atoms with van der Waals surface area (Å²) in [5.74, 6) is 0.327. The van der Waals surface area contributed by atoms with E-state index in [1.165, 1.54) is 22.6 Å². The van der Waals surface area contributed by atoms with Gasteiger partial charge >= 0.3 is 5.97 Å². The van der Waals surface area contributed by atoms with Crippen molar-refractivity contribution in [3.63, 3.8) is 0 Å². The van der Waals surface area contributed by atoms with Gasteiger partial charge in [-0.15, -0.1) is 0 Å². The number of hydrogen-bond acceptors (Lipinski definition) is 7.